The van der Waals surface area contributed by atoms with E-state index in [0.717, 1.165) is 6.42 Å². The van der Waals surface area contributed by atoms with E-state index in [0.29, 0.717) is 12.1 Å². The van der Waals surface area contributed by atoms with Gasteiger partial charge in [-0.05, 0) is 24.5 Å². The maximum absolute atomic E-state index is 12.2. The number of para-hydroxylation sites is 1. The fourth-order valence-corrected chi connectivity index (χ4v) is 2.61. The SMILES string of the molecule is CC1CCN(C(=O)/C=C/c2ccccc2[N+](=O)[O-])C1CO. The van der Waals surface area contributed by atoms with Crippen molar-refractivity contribution in [1.82, 2.24) is 4.90 Å². The summed E-state index contributed by atoms with van der Waals surface area (Å²) in [7, 11) is 0. The molecule has 112 valence electrons. The Labute approximate surface area is 122 Å². The predicted molar refractivity (Wildman–Crippen MR) is 78.5 cm³/mol. The van der Waals surface area contributed by atoms with E-state index < -0.39 is 4.92 Å². The minimum Gasteiger partial charge on any atom is -0.394 e. The van der Waals surface area contributed by atoms with Gasteiger partial charge in [-0.1, -0.05) is 19.1 Å². The maximum Gasteiger partial charge on any atom is 0.276 e. The van der Waals surface area contributed by atoms with E-state index in [9.17, 15) is 20.0 Å². The number of likely N-dealkylation sites (tertiary alicyclic amines) is 1. The van der Waals surface area contributed by atoms with Crippen molar-refractivity contribution in [1.29, 1.82) is 0 Å². The van der Waals surface area contributed by atoms with Gasteiger partial charge >= 0.3 is 0 Å². The Balaban J connectivity index is 2.15. The molecule has 1 amide bonds. The number of hydrogen-bond acceptors (Lipinski definition) is 4. The van der Waals surface area contributed by atoms with Crippen LogP contribution in [-0.4, -0.2) is 40.0 Å². The molecule has 0 radical (unpaired) electrons. The highest BCUT2D eigenvalue weighted by Gasteiger charge is 2.32. The zero-order chi connectivity index (χ0) is 15.4. The number of carbonyl (C=O) groups excluding carboxylic acids is 1. The molecule has 1 heterocycles. The van der Waals surface area contributed by atoms with E-state index in [1.165, 1.54) is 18.2 Å². The molecule has 1 saturated heterocycles. The lowest BCUT2D eigenvalue weighted by molar-refractivity contribution is -0.385. The standard InChI is InChI=1S/C15H18N2O4/c1-11-8-9-16(14(11)10-18)15(19)7-6-12-4-2-3-5-13(12)17(20)21/h2-7,11,14,18H,8-10H2,1H3/b7-6+. The first-order valence-corrected chi connectivity index (χ1v) is 6.87. The molecule has 6 nitrogen and oxygen atoms in total. The van der Waals surface area contributed by atoms with Gasteiger partial charge in [0.25, 0.3) is 5.69 Å². The van der Waals surface area contributed by atoms with Crippen molar-refractivity contribution < 1.29 is 14.8 Å². The summed E-state index contributed by atoms with van der Waals surface area (Å²) in [4.78, 5) is 24.2. The van der Waals surface area contributed by atoms with Gasteiger partial charge in [-0.2, -0.15) is 0 Å². The maximum atomic E-state index is 12.2. The lowest BCUT2D eigenvalue weighted by Crippen LogP contribution is -2.38. The van der Waals surface area contributed by atoms with E-state index in [2.05, 4.69) is 0 Å². The third-order valence-corrected chi connectivity index (χ3v) is 3.89. The Kier molecular flexibility index (Phi) is 4.70. The number of amides is 1. The van der Waals surface area contributed by atoms with Gasteiger partial charge in [-0.3, -0.25) is 14.9 Å². The molecular formula is C15H18N2O4. The first-order chi connectivity index (χ1) is 10.0. The molecule has 0 aliphatic carbocycles. The van der Waals surface area contributed by atoms with Crippen LogP contribution in [0, 0.1) is 16.0 Å². The molecule has 1 N–H and O–H groups in total. The predicted octanol–water partition coefficient (Wildman–Crippen LogP) is 1.84. The lowest BCUT2D eigenvalue weighted by Gasteiger charge is -2.23. The number of nitrogens with zero attached hydrogens (tertiary/aromatic N) is 2. The molecule has 0 bridgehead atoms. The van der Waals surface area contributed by atoms with Gasteiger partial charge in [-0.15, -0.1) is 0 Å². The Hall–Kier alpha value is -2.21. The van der Waals surface area contributed by atoms with Crippen molar-refractivity contribution in [3.8, 4) is 0 Å². The molecule has 2 unspecified atom stereocenters. The summed E-state index contributed by atoms with van der Waals surface area (Å²) in [5.74, 6) is 0.0370. The summed E-state index contributed by atoms with van der Waals surface area (Å²) < 4.78 is 0. The molecule has 1 aromatic carbocycles. The van der Waals surface area contributed by atoms with Crippen LogP contribution in [0.1, 0.15) is 18.9 Å². The van der Waals surface area contributed by atoms with E-state index in [1.807, 2.05) is 6.92 Å². The van der Waals surface area contributed by atoms with Gasteiger partial charge in [0, 0.05) is 18.7 Å². The van der Waals surface area contributed by atoms with Crippen LogP contribution >= 0.6 is 0 Å². The third-order valence-electron chi connectivity index (χ3n) is 3.89. The van der Waals surface area contributed by atoms with Crippen LogP contribution < -0.4 is 0 Å². The van der Waals surface area contributed by atoms with Gasteiger partial charge in [-0.25, -0.2) is 0 Å². The molecule has 0 saturated carbocycles. The molecule has 1 aliphatic rings. The minimum atomic E-state index is -0.474. The van der Waals surface area contributed by atoms with Crippen LogP contribution in [0.25, 0.3) is 6.08 Å². The normalized spacial score (nSPS) is 21.9. The number of nitro benzene ring substituents is 1. The van der Waals surface area contributed by atoms with E-state index in [1.54, 1.807) is 23.1 Å². The van der Waals surface area contributed by atoms with E-state index >= 15 is 0 Å². The van der Waals surface area contributed by atoms with Crippen LogP contribution in [0.15, 0.2) is 30.3 Å². The summed E-state index contributed by atoms with van der Waals surface area (Å²) in [5.41, 5.74) is 0.360. The summed E-state index contributed by atoms with van der Waals surface area (Å²) >= 11 is 0. The Morgan fingerprint density at radius 3 is 2.90 bits per heavy atom. The summed E-state index contributed by atoms with van der Waals surface area (Å²) in [6.45, 7) is 2.54. The van der Waals surface area contributed by atoms with Gasteiger partial charge in [0.1, 0.15) is 0 Å². The Morgan fingerprint density at radius 2 is 2.24 bits per heavy atom. The van der Waals surface area contributed by atoms with Crippen molar-refractivity contribution in [2.75, 3.05) is 13.2 Å². The average molecular weight is 290 g/mol. The highest BCUT2D eigenvalue weighted by atomic mass is 16.6. The molecule has 0 aromatic heterocycles. The highest BCUT2D eigenvalue weighted by molar-refractivity contribution is 5.92. The van der Waals surface area contributed by atoms with Gasteiger partial charge in [0.15, 0.2) is 0 Å². The number of aliphatic hydroxyl groups excluding tert-OH is 1. The van der Waals surface area contributed by atoms with Crippen molar-refractivity contribution >= 4 is 17.7 Å². The number of carbonyl (C=O) groups is 1. The number of nitro groups is 1. The van der Waals surface area contributed by atoms with E-state index in [-0.39, 0.29) is 30.2 Å². The summed E-state index contributed by atoms with van der Waals surface area (Å²) in [6, 6.07) is 6.09. The Bertz CT molecular complexity index is 571. The van der Waals surface area contributed by atoms with Gasteiger partial charge in [0.2, 0.25) is 5.91 Å². The second kappa shape index (κ2) is 6.49. The number of benzene rings is 1. The van der Waals surface area contributed by atoms with Crippen LogP contribution in [0.2, 0.25) is 0 Å². The molecule has 2 atom stereocenters. The van der Waals surface area contributed by atoms with Gasteiger partial charge < -0.3 is 10.0 Å². The number of rotatable bonds is 4. The summed E-state index contributed by atoms with van der Waals surface area (Å²) in [5, 5.41) is 20.3. The molecular weight excluding hydrogens is 272 g/mol. The van der Waals surface area contributed by atoms with Gasteiger partial charge in [0.05, 0.1) is 23.1 Å². The topological polar surface area (TPSA) is 83.7 Å². The monoisotopic (exact) mass is 290 g/mol. The van der Waals surface area contributed by atoms with Crippen molar-refractivity contribution in [2.24, 2.45) is 5.92 Å². The fourth-order valence-electron chi connectivity index (χ4n) is 2.61. The fraction of sp³-hybridized carbons (Fsp3) is 0.400. The highest BCUT2D eigenvalue weighted by Crippen LogP contribution is 2.24. The molecule has 6 heteroatoms. The number of hydrogen-bond donors (Lipinski definition) is 1. The lowest BCUT2D eigenvalue weighted by atomic mass is 10.0. The third kappa shape index (κ3) is 3.28. The molecule has 0 spiro atoms. The molecule has 21 heavy (non-hydrogen) atoms. The minimum absolute atomic E-state index is 0.0324. The van der Waals surface area contributed by atoms with Crippen molar-refractivity contribution in [3.05, 3.63) is 46.0 Å². The second-order valence-electron chi connectivity index (χ2n) is 5.20. The molecule has 1 fully saturated rings. The van der Waals surface area contributed by atoms with Crippen LogP contribution in [0.5, 0.6) is 0 Å². The zero-order valence-electron chi connectivity index (χ0n) is 11.8. The summed E-state index contributed by atoms with van der Waals surface area (Å²) in [6.07, 6.45) is 3.65. The largest absolute Gasteiger partial charge is 0.394 e. The zero-order valence-corrected chi connectivity index (χ0v) is 11.8. The van der Waals surface area contributed by atoms with Crippen molar-refractivity contribution in [2.45, 2.75) is 19.4 Å². The smallest absolute Gasteiger partial charge is 0.276 e. The molecule has 1 aliphatic heterocycles. The first-order valence-electron chi connectivity index (χ1n) is 6.87. The van der Waals surface area contributed by atoms with Crippen LogP contribution in [0.3, 0.4) is 0 Å². The molecule has 2 rings (SSSR count). The van der Waals surface area contributed by atoms with Crippen LogP contribution in [-0.2, 0) is 4.79 Å². The second-order valence-corrected chi connectivity index (χ2v) is 5.20. The average Bonchev–Trinajstić information content (AvgIpc) is 2.85. The van der Waals surface area contributed by atoms with Crippen LogP contribution in [0.4, 0.5) is 5.69 Å². The quantitative estimate of drug-likeness (QED) is 0.521. The molecule has 1 aromatic rings. The first kappa shape index (κ1) is 15.2. The number of aliphatic hydroxyl groups is 1. The van der Waals surface area contributed by atoms with Crippen molar-refractivity contribution in [3.63, 3.8) is 0 Å². The Morgan fingerprint density at radius 1 is 1.52 bits per heavy atom. The van der Waals surface area contributed by atoms with E-state index in [4.69, 9.17) is 0 Å².